The van der Waals surface area contributed by atoms with E-state index in [2.05, 4.69) is 30.5 Å². The fourth-order valence-corrected chi connectivity index (χ4v) is 3.99. The van der Waals surface area contributed by atoms with Crippen LogP contribution in [0.2, 0.25) is 0 Å². The molecule has 186 valence electrons. The second-order valence-electron chi connectivity index (χ2n) is 8.57. The SMILES string of the molecule is CN(C)CCNc1cccc(-c2ccc3cnc(CNC(=O)c4cncc(S(C)(=O)=O)c4)cc3n2)n1. The fraction of sp³-hybridized carbons (Fsp3) is 0.240. The first-order valence-electron chi connectivity index (χ1n) is 11.2. The van der Waals surface area contributed by atoms with E-state index in [9.17, 15) is 13.2 Å². The first-order valence-corrected chi connectivity index (χ1v) is 13.1. The minimum absolute atomic E-state index is 0.0127. The molecular weight excluding hydrogens is 478 g/mol. The van der Waals surface area contributed by atoms with Crippen LogP contribution in [0.5, 0.6) is 0 Å². The normalized spacial score (nSPS) is 11.6. The van der Waals surface area contributed by atoms with Crippen LogP contribution in [0.4, 0.5) is 5.82 Å². The highest BCUT2D eigenvalue weighted by Gasteiger charge is 2.13. The smallest absolute Gasteiger partial charge is 0.253 e. The number of nitrogens with one attached hydrogen (secondary N) is 2. The van der Waals surface area contributed by atoms with E-state index >= 15 is 0 Å². The van der Waals surface area contributed by atoms with Crippen molar-refractivity contribution in [2.75, 3.05) is 38.8 Å². The van der Waals surface area contributed by atoms with Crippen LogP contribution in [0.3, 0.4) is 0 Å². The molecule has 0 aliphatic carbocycles. The average molecular weight is 506 g/mol. The van der Waals surface area contributed by atoms with Gasteiger partial charge in [0.15, 0.2) is 9.84 Å². The summed E-state index contributed by atoms with van der Waals surface area (Å²) in [6.45, 7) is 1.82. The summed E-state index contributed by atoms with van der Waals surface area (Å²) >= 11 is 0. The number of rotatable bonds is 9. The zero-order valence-electron chi connectivity index (χ0n) is 20.3. The van der Waals surface area contributed by atoms with Crippen LogP contribution in [0.15, 0.2) is 66.0 Å². The summed E-state index contributed by atoms with van der Waals surface area (Å²) < 4.78 is 23.5. The number of aromatic nitrogens is 4. The molecule has 1 amide bonds. The molecule has 0 saturated heterocycles. The lowest BCUT2D eigenvalue weighted by Crippen LogP contribution is -2.23. The van der Waals surface area contributed by atoms with Gasteiger partial charge in [-0.25, -0.2) is 18.4 Å². The molecule has 0 aliphatic heterocycles. The highest BCUT2D eigenvalue weighted by Crippen LogP contribution is 2.21. The van der Waals surface area contributed by atoms with Crippen LogP contribution in [-0.2, 0) is 16.4 Å². The van der Waals surface area contributed by atoms with E-state index in [0.717, 1.165) is 47.5 Å². The number of likely N-dealkylation sites (N-methyl/N-ethyl adjacent to an activating group) is 1. The molecule has 0 unspecified atom stereocenters. The fourth-order valence-electron chi connectivity index (χ4n) is 3.40. The summed E-state index contributed by atoms with van der Waals surface area (Å²) in [5.74, 6) is 0.336. The van der Waals surface area contributed by atoms with E-state index < -0.39 is 15.7 Å². The van der Waals surface area contributed by atoms with E-state index in [1.165, 1.54) is 18.5 Å². The molecule has 36 heavy (non-hydrogen) atoms. The molecule has 2 N–H and O–H groups in total. The summed E-state index contributed by atoms with van der Waals surface area (Å²) in [7, 11) is 0.579. The molecule has 0 radical (unpaired) electrons. The minimum Gasteiger partial charge on any atom is -0.369 e. The van der Waals surface area contributed by atoms with Gasteiger partial charge in [-0.2, -0.15) is 0 Å². The molecular formula is C25H27N7O3S. The number of anilines is 1. The Bertz CT molecular complexity index is 1510. The maximum atomic E-state index is 12.5. The zero-order chi connectivity index (χ0) is 25.7. The van der Waals surface area contributed by atoms with Crippen molar-refractivity contribution in [1.29, 1.82) is 0 Å². The van der Waals surface area contributed by atoms with Crippen LogP contribution in [0.25, 0.3) is 22.3 Å². The second kappa shape index (κ2) is 10.8. The molecule has 4 heterocycles. The number of pyridine rings is 4. The van der Waals surface area contributed by atoms with Gasteiger partial charge in [0.2, 0.25) is 0 Å². The maximum Gasteiger partial charge on any atom is 0.253 e. The Morgan fingerprint density at radius 1 is 1.00 bits per heavy atom. The number of carbonyl (C=O) groups excluding carboxylic acids is 1. The van der Waals surface area contributed by atoms with E-state index in [4.69, 9.17) is 4.98 Å². The molecule has 0 aliphatic rings. The Morgan fingerprint density at radius 2 is 1.81 bits per heavy atom. The first kappa shape index (κ1) is 25.1. The number of fused-ring (bicyclic) bond motifs is 1. The van der Waals surface area contributed by atoms with Crippen LogP contribution in [0, 0.1) is 0 Å². The predicted molar refractivity (Wildman–Crippen MR) is 138 cm³/mol. The summed E-state index contributed by atoms with van der Waals surface area (Å²) in [5.41, 5.74) is 2.96. The zero-order valence-corrected chi connectivity index (χ0v) is 21.1. The predicted octanol–water partition coefficient (Wildman–Crippen LogP) is 2.39. The summed E-state index contributed by atoms with van der Waals surface area (Å²) in [6, 6.07) is 12.7. The third kappa shape index (κ3) is 6.37. The molecule has 10 nitrogen and oxygen atoms in total. The molecule has 0 aromatic carbocycles. The molecule has 4 aromatic rings. The molecule has 11 heteroatoms. The van der Waals surface area contributed by atoms with Gasteiger partial charge in [0.1, 0.15) is 5.82 Å². The number of amides is 1. The lowest BCUT2D eigenvalue weighted by Gasteiger charge is -2.11. The third-order valence-corrected chi connectivity index (χ3v) is 6.42. The minimum atomic E-state index is -3.46. The van der Waals surface area contributed by atoms with Crippen molar-refractivity contribution < 1.29 is 13.2 Å². The molecule has 0 saturated carbocycles. The van der Waals surface area contributed by atoms with Gasteiger partial charge in [-0.1, -0.05) is 6.07 Å². The summed E-state index contributed by atoms with van der Waals surface area (Å²) in [6.07, 6.45) is 5.30. The van der Waals surface area contributed by atoms with Gasteiger partial charge >= 0.3 is 0 Å². The number of carbonyl (C=O) groups is 1. The third-order valence-electron chi connectivity index (χ3n) is 5.34. The van der Waals surface area contributed by atoms with Crippen molar-refractivity contribution in [3.63, 3.8) is 0 Å². The van der Waals surface area contributed by atoms with Crippen LogP contribution in [0.1, 0.15) is 16.1 Å². The molecule has 0 fully saturated rings. The quantitative estimate of drug-likeness (QED) is 0.352. The second-order valence-corrected chi connectivity index (χ2v) is 10.6. The largest absolute Gasteiger partial charge is 0.369 e. The van der Waals surface area contributed by atoms with Crippen molar-refractivity contribution in [2.45, 2.75) is 11.4 Å². The molecule has 0 atom stereocenters. The lowest BCUT2D eigenvalue weighted by molar-refractivity contribution is 0.0950. The van der Waals surface area contributed by atoms with E-state index in [1.54, 1.807) is 6.20 Å². The molecule has 4 aromatic heterocycles. The van der Waals surface area contributed by atoms with Crippen LogP contribution in [-0.4, -0.2) is 72.6 Å². The number of nitrogens with zero attached hydrogens (tertiary/aromatic N) is 5. The standard InChI is InChI=1S/C25H27N7O3S/c1-32(2)10-9-27-24-6-4-5-21(31-24)22-8-7-17-14-28-19(12-23(17)30-22)15-29-25(33)18-11-20(16-26-13-18)36(3,34)35/h4-8,11-14,16H,9-10,15H2,1-3H3,(H,27,31)(H,29,33). The number of hydrogen-bond acceptors (Lipinski definition) is 9. The monoisotopic (exact) mass is 505 g/mol. The Kier molecular flexibility index (Phi) is 7.51. The van der Waals surface area contributed by atoms with Crippen LogP contribution < -0.4 is 10.6 Å². The van der Waals surface area contributed by atoms with Crippen molar-refractivity contribution in [3.05, 3.63) is 72.3 Å². The number of sulfone groups is 1. The van der Waals surface area contributed by atoms with Gasteiger partial charge in [0, 0.05) is 43.3 Å². The topological polar surface area (TPSA) is 130 Å². The van der Waals surface area contributed by atoms with Gasteiger partial charge in [0.25, 0.3) is 5.91 Å². The summed E-state index contributed by atoms with van der Waals surface area (Å²) in [4.78, 5) is 32.3. The van der Waals surface area contributed by atoms with Gasteiger partial charge in [-0.15, -0.1) is 0 Å². The van der Waals surface area contributed by atoms with Crippen molar-refractivity contribution >= 4 is 32.5 Å². The highest BCUT2D eigenvalue weighted by atomic mass is 32.2. The van der Waals surface area contributed by atoms with E-state index in [0.29, 0.717) is 5.69 Å². The Balaban J connectivity index is 1.49. The average Bonchev–Trinajstić information content (AvgIpc) is 2.86. The summed E-state index contributed by atoms with van der Waals surface area (Å²) in [5, 5.41) is 6.93. The van der Waals surface area contributed by atoms with Crippen molar-refractivity contribution in [2.24, 2.45) is 0 Å². The Labute approximate surface area is 209 Å². The molecule has 0 spiro atoms. The van der Waals surface area contributed by atoms with Crippen molar-refractivity contribution in [1.82, 2.24) is 30.2 Å². The van der Waals surface area contributed by atoms with Crippen LogP contribution >= 0.6 is 0 Å². The maximum absolute atomic E-state index is 12.5. The van der Waals surface area contributed by atoms with E-state index in [-0.39, 0.29) is 17.0 Å². The van der Waals surface area contributed by atoms with Crippen molar-refractivity contribution in [3.8, 4) is 11.4 Å². The van der Waals surface area contributed by atoms with Gasteiger partial charge < -0.3 is 15.5 Å². The van der Waals surface area contributed by atoms with Gasteiger partial charge in [0.05, 0.1) is 39.6 Å². The van der Waals surface area contributed by atoms with Gasteiger partial charge in [-0.3, -0.25) is 14.8 Å². The first-order chi connectivity index (χ1) is 17.2. The van der Waals surface area contributed by atoms with Gasteiger partial charge in [-0.05, 0) is 50.5 Å². The number of hydrogen-bond donors (Lipinski definition) is 2. The lowest BCUT2D eigenvalue weighted by atomic mass is 10.2. The Hall–Kier alpha value is -3.96. The Morgan fingerprint density at radius 3 is 2.58 bits per heavy atom. The van der Waals surface area contributed by atoms with E-state index in [1.807, 2.05) is 50.5 Å². The molecule has 0 bridgehead atoms. The molecule has 4 rings (SSSR count). The highest BCUT2D eigenvalue weighted by molar-refractivity contribution is 7.90.